The van der Waals surface area contributed by atoms with Gasteiger partial charge in [-0.1, -0.05) is 0 Å². The third-order valence-corrected chi connectivity index (χ3v) is 2.38. The molecule has 0 atom stereocenters. The first-order valence-electron chi connectivity index (χ1n) is 2.62. The van der Waals surface area contributed by atoms with Crippen molar-refractivity contribution < 1.29 is 8.78 Å². The van der Waals surface area contributed by atoms with Crippen LogP contribution in [-0.4, -0.2) is 0 Å². The van der Waals surface area contributed by atoms with Gasteiger partial charge in [0.25, 0.3) is 0 Å². The lowest BCUT2D eigenvalue weighted by atomic mass is 10.3. The van der Waals surface area contributed by atoms with E-state index in [0.717, 1.165) is 0 Å². The molecule has 0 aliphatic carbocycles. The molecule has 0 amide bonds. The third-order valence-electron chi connectivity index (χ3n) is 1.15. The molecule has 0 radical (unpaired) electrons. The average Bonchev–Trinajstić information content (AvgIpc) is 1.97. The van der Waals surface area contributed by atoms with Crippen LogP contribution in [0.3, 0.4) is 0 Å². The van der Waals surface area contributed by atoms with Crippen molar-refractivity contribution in [1.82, 2.24) is 0 Å². The molecule has 1 aromatic rings. The second kappa shape index (κ2) is 3.06. The molecule has 0 bridgehead atoms. The van der Waals surface area contributed by atoms with Crippen molar-refractivity contribution in [2.75, 3.05) is 5.73 Å². The Morgan fingerprint density at radius 1 is 1.09 bits per heavy atom. The lowest BCUT2D eigenvalue weighted by Gasteiger charge is -2.02. The zero-order valence-corrected chi connectivity index (χ0v) is 8.34. The van der Waals surface area contributed by atoms with Gasteiger partial charge in [-0.25, -0.2) is 8.78 Å². The van der Waals surface area contributed by atoms with Crippen LogP contribution in [0.5, 0.6) is 0 Å². The molecular weight excluding hydrogens is 284 g/mol. The van der Waals surface area contributed by atoms with Gasteiger partial charge in [0.2, 0.25) is 0 Å². The average molecular weight is 287 g/mol. The van der Waals surface area contributed by atoms with E-state index in [1.165, 1.54) is 6.07 Å². The summed E-state index contributed by atoms with van der Waals surface area (Å²) in [5.74, 6) is -2.00. The number of anilines is 1. The third kappa shape index (κ3) is 1.54. The highest BCUT2D eigenvalue weighted by Crippen LogP contribution is 2.29. The zero-order valence-electron chi connectivity index (χ0n) is 5.17. The van der Waals surface area contributed by atoms with Crippen LogP contribution in [0.2, 0.25) is 0 Å². The number of nitrogens with two attached hydrogens (primary N) is 1. The smallest absolute Gasteiger partial charge is 0.183 e. The monoisotopic (exact) mass is 285 g/mol. The summed E-state index contributed by atoms with van der Waals surface area (Å²) in [6.07, 6.45) is 0. The standard InChI is InChI=1S/C6H3Br2F2N/c7-2-1-3(8)6(11)5(10)4(2)9/h1H,11H2. The number of halogens is 4. The SMILES string of the molecule is Nc1c(Br)cc(Br)c(F)c1F. The summed E-state index contributed by atoms with van der Waals surface area (Å²) in [6, 6.07) is 1.35. The van der Waals surface area contributed by atoms with Gasteiger partial charge in [0.05, 0.1) is 10.2 Å². The van der Waals surface area contributed by atoms with E-state index in [2.05, 4.69) is 31.9 Å². The summed E-state index contributed by atoms with van der Waals surface area (Å²) >= 11 is 5.80. The van der Waals surface area contributed by atoms with Gasteiger partial charge in [0.1, 0.15) is 0 Å². The molecular formula is C6H3Br2F2N. The minimum Gasteiger partial charge on any atom is -0.395 e. The Morgan fingerprint density at radius 3 is 2.18 bits per heavy atom. The first-order valence-corrected chi connectivity index (χ1v) is 4.21. The summed E-state index contributed by atoms with van der Waals surface area (Å²) in [7, 11) is 0. The molecule has 0 saturated carbocycles. The van der Waals surface area contributed by atoms with Crippen LogP contribution in [0.1, 0.15) is 0 Å². The Bertz CT molecular complexity index is 275. The normalized spacial score (nSPS) is 10.2. The fraction of sp³-hybridized carbons (Fsp3) is 0. The van der Waals surface area contributed by atoms with Crippen molar-refractivity contribution in [3.63, 3.8) is 0 Å². The highest BCUT2D eigenvalue weighted by Gasteiger charge is 2.12. The first kappa shape index (κ1) is 8.93. The number of rotatable bonds is 0. The van der Waals surface area contributed by atoms with Crippen LogP contribution < -0.4 is 5.73 Å². The lowest BCUT2D eigenvalue weighted by molar-refractivity contribution is 0.507. The van der Waals surface area contributed by atoms with Crippen LogP contribution in [0, 0.1) is 11.6 Å². The maximum Gasteiger partial charge on any atom is 0.183 e. The summed E-state index contributed by atoms with van der Waals surface area (Å²) in [4.78, 5) is 0. The van der Waals surface area contributed by atoms with Crippen molar-refractivity contribution in [3.05, 3.63) is 26.6 Å². The Hall–Kier alpha value is -0.160. The highest BCUT2D eigenvalue weighted by molar-refractivity contribution is 9.11. The molecule has 60 valence electrons. The number of benzene rings is 1. The Labute approximate surface area is 78.8 Å². The predicted octanol–water partition coefficient (Wildman–Crippen LogP) is 3.07. The topological polar surface area (TPSA) is 26.0 Å². The maximum atomic E-state index is 12.7. The molecule has 1 nitrogen and oxygen atoms in total. The minimum atomic E-state index is -1.04. The molecule has 0 saturated heterocycles. The van der Waals surface area contributed by atoms with Crippen LogP contribution in [0.4, 0.5) is 14.5 Å². The van der Waals surface area contributed by atoms with Crippen LogP contribution in [-0.2, 0) is 0 Å². The highest BCUT2D eigenvalue weighted by atomic mass is 79.9. The molecule has 0 spiro atoms. The van der Waals surface area contributed by atoms with Crippen molar-refractivity contribution in [1.29, 1.82) is 0 Å². The first-order chi connectivity index (χ1) is 5.04. The number of hydrogen-bond donors (Lipinski definition) is 1. The van der Waals surface area contributed by atoms with E-state index in [1.807, 2.05) is 0 Å². The van der Waals surface area contributed by atoms with Gasteiger partial charge in [-0.15, -0.1) is 0 Å². The van der Waals surface area contributed by atoms with Gasteiger partial charge in [-0.05, 0) is 37.9 Å². The fourth-order valence-electron chi connectivity index (χ4n) is 0.580. The van der Waals surface area contributed by atoms with Gasteiger partial charge in [0.15, 0.2) is 11.6 Å². The molecule has 11 heavy (non-hydrogen) atoms. The van der Waals surface area contributed by atoms with Crippen LogP contribution in [0.15, 0.2) is 15.0 Å². The summed E-state index contributed by atoms with van der Waals surface area (Å²) < 4.78 is 25.7. The molecule has 0 aliphatic heterocycles. The van der Waals surface area contributed by atoms with E-state index in [1.54, 1.807) is 0 Å². The van der Waals surface area contributed by atoms with E-state index in [0.29, 0.717) is 4.47 Å². The molecule has 1 rings (SSSR count). The minimum absolute atomic E-state index is 0.0519. The van der Waals surface area contributed by atoms with Gasteiger partial charge in [-0.3, -0.25) is 0 Å². The fourth-order valence-corrected chi connectivity index (χ4v) is 1.69. The van der Waals surface area contributed by atoms with E-state index in [-0.39, 0.29) is 10.2 Å². The number of nitrogen functional groups attached to an aromatic ring is 1. The van der Waals surface area contributed by atoms with Crippen molar-refractivity contribution >= 4 is 37.5 Å². The quantitative estimate of drug-likeness (QED) is 0.443. The molecule has 0 aromatic heterocycles. The van der Waals surface area contributed by atoms with Gasteiger partial charge in [0, 0.05) is 4.47 Å². The second-order valence-corrected chi connectivity index (χ2v) is 3.59. The zero-order chi connectivity index (χ0) is 8.59. The van der Waals surface area contributed by atoms with E-state index < -0.39 is 11.6 Å². The lowest BCUT2D eigenvalue weighted by Crippen LogP contribution is -1.96. The Morgan fingerprint density at radius 2 is 1.64 bits per heavy atom. The Balaban J connectivity index is 3.46. The molecule has 2 N–H and O–H groups in total. The molecule has 0 fully saturated rings. The van der Waals surface area contributed by atoms with E-state index >= 15 is 0 Å². The van der Waals surface area contributed by atoms with Crippen molar-refractivity contribution in [2.45, 2.75) is 0 Å². The van der Waals surface area contributed by atoms with E-state index in [9.17, 15) is 8.78 Å². The van der Waals surface area contributed by atoms with Gasteiger partial charge < -0.3 is 5.73 Å². The van der Waals surface area contributed by atoms with Crippen molar-refractivity contribution in [3.8, 4) is 0 Å². The van der Waals surface area contributed by atoms with Crippen molar-refractivity contribution in [2.24, 2.45) is 0 Å². The Kier molecular flexibility index (Phi) is 2.49. The largest absolute Gasteiger partial charge is 0.395 e. The summed E-state index contributed by atoms with van der Waals surface area (Å²) in [6.45, 7) is 0. The van der Waals surface area contributed by atoms with E-state index in [4.69, 9.17) is 5.73 Å². The molecule has 0 aliphatic rings. The van der Waals surface area contributed by atoms with Crippen LogP contribution in [0.25, 0.3) is 0 Å². The maximum absolute atomic E-state index is 12.7. The van der Waals surface area contributed by atoms with Crippen LogP contribution >= 0.6 is 31.9 Å². The summed E-state index contributed by atoms with van der Waals surface area (Å²) in [5, 5.41) is 0. The second-order valence-electron chi connectivity index (χ2n) is 1.88. The molecule has 0 unspecified atom stereocenters. The summed E-state index contributed by atoms with van der Waals surface area (Å²) in [5.41, 5.74) is 4.95. The number of hydrogen-bond acceptors (Lipinski definition) is 1. The predicted molar refractivity (Wildman–Crippen MR) is 46.2 cm³/mol. The van der Waals surface area contributed by atoms with Gasteiger partial charge >= 0.3 is 0 Å². The molecule has 0 heterocycles. The van der Waals surface area contributed by atoms with Gasteiger partial charge in [-0.2, -0.15) is 0 Å². The molecule has 5 heteroatoms. The molecule has 1 aromatic carbocycles.